The van der Waals surface area contributed by atoms with Gasteiger partial charge < -0.3 is 9.52 Å². The van der Waals surface area contributed by atoms with Crippen molar-refractivity contribution in [2.45, 2.75) is 52.7 Å². The molecular formula is C17H29NO2. The molecule has 3 nitrogen and oxygen atoms in total. The fourth-order valence-electron chi connectivity index (χ4n) is 3.36. The number of aliphatic hydroxyl groups is 1. The lowest BCUT2D eigenvalue weighted by Gasteiger charge is -2.41. The van der Waals surface area contributed by atoms with Gasteiger partial charge in [0.15, 0.2) is 0 Å². The number of furan rings is 1. The Balaban J connectivity index is 1.89. The summed E-state index contributed by atoms with van der Waals surface area (Å²) in [5, 5.41) is 10.3. The number of hydrogen-bond acceptors (Lipinski definition) is 3. The second-order valence-corrected chi connectivity index (χ2v) is 7.48. The van der Waals surface area contributed by atoms with Gasteiger partial charge in [-0.1, -0.05) is 20.8 Å². The SMILES string of the molecule is CN(Cc1ccco1)CC1CC(C(C)(C)C)CCC1O. The van der Waals surface area contributed by atoms with Gasteiger partial charge in [0.05, 0.1) is 18.9 Å². The minimum atomic E-state index is -0.146. The Bertz CT molecular complexity index is 394. The Morgan fingerprint density at radius 2 is 2.10 bits per heavy atom. The third kappa shape index (κ3) is 4.10. The second-order valence-electron chi connectivity index (χ2n) is 7.48. The van der Waals surface area contributed by atoms with Crippen molar-refractivity contribution >= 4 is 0 Å². The molecule has 0 saturated heterocycles. The number of aliphatic hydroxyl groups excluding tert-OH is 1. The number of nitrogens with zero attached hydrogens (tertiary/aromatic N) is 1. The smallest absolute Gasteiger partial charge is 0.117 e. The molecule has 0 bridgehead atoms. The number of hydrogen-bond donors (Lipinski definition) is 1. The van der Waals surface area contributed by atoms with Crippen LogP contribution in [0, 0.1) is 17.3 Å². The van der Waals surface area contributed by atoms with Gasteiger partial charge in [-0.15, -0.1) is 0 Å². The molecule has 1 fully saturated rings. The Labute approximate surface area is 123 Å². The Kier molecular flexibility index (Phi) is 4.92. The molecule has 1 aromatic rings. The molecule has 2 rings (SSSR count). The molecule has 3 atom stereocenters. The van der Waals surface area contributed by atoms with E-state index in [2.05, 4.69) is 32.7 Å². The molecular weight excluding hydrogens is 250 g/mol. The van der Waals surface area contributed by atoms with Gasteiger partial charge in [0.1, 0.15) is 5.76 Å². The van der Waals surface area contributed by atoms with Crippen LogP contribution in [0.15, 0.2) is 22.8 Å². The van der Waals surface area contributed by atoms with E-state index in [9.17, 15) is 5.11 Å². The van der Waals surface area contributed by atoms with Crippen LogP contribution < -0.4 is 0 Å². The molecule has 3 unspecified atom stereocenters. The summed E-state index contributed by atoms with van der Waals surface area (Å²) in [5.41, 5.74) is 0.345. The first-order valence-electron chi connectivity index (χ1n) is 7.75. The van der Waals surface area contributed by atoms with Crippen LogP contribution in [-0.2, 0) is 6.54 Å². The fourth-order valence-corrected chi connectivity index (χ4v) is 3.36. The first kappa shape index (κ1) is 15.6. The summed E-state index contributed by atoms with van der Waals surface area (Å²) < 4.78 is 5.39. The van der Waals surface area contributed by atoms with Crippen molar-refractivity contribution in [3.8, 4) is 0 Å². The standard InChI is InChI=1S/C17H29NO2/c1-17(2,3)14-7-8-16(19)13(10-14)11-18(4)12-15-6-5-9-20-15/h5-6,9,13-14,16,19H,7-8,10-12H2,1-4H3. The van der Waals surface area contributed by atoms with Gasteiger partial charge >= 0.3 is 0 Å². The molecule has 20 heavy (non-hydrogen) atoms. The van der Waals surface area contributed by atoms with E-state index in [-0.39, 0.29) is 6.10 Å². The van der Waals surface area contributed by atoms with Crippen LogP contribution in [0.5, 0.6) is 0 Å². The zero-order valence-electron chi connectivity index (χ0n) is 13.3. The fraction of sp³-hybridized carbons (Fsp3) is 0.765. The summed E-state index contributed by atoms with van der Waals surface area (Å²) in [7, 11) is 2.11. The summed E-state index contributed by atoms with van der Waals surface area (Å²) >= 11 is 0. The molecule has 1 saturated carbocycles. The van der Waals surface area contributed by atoms with E-state index in [4.69, 9.17) is 4.42 Å². The third-order valence-electron chi connectivity index (χ3n) is 4.72. The Morgan fingerprint density at radius 3 is 2.70 bits per heavy atom. The molecule has 0 aliphatic heterocycles. The zero-order chi connectivity index (χ0) is 14.8. The zero-order valence-corrected chi connectivity index (χ0v) is 13.3. The third-order valence-corrected chi connectivity index (χ3v) is 4.72. The van der Waals surface area contributed by atoms with Gasteiger partial charge in [0.2, 0.25) is 0 Å². The van der Waals surface area contributed by atoms with Crippen molar-refractivity contribution in [2.75, 3.05) is 13.6 Å². The van der Waals surface area contributed by atoms with E-state index in [0.29, 0.717) is 17.3 Å². The first-order chi connectivity index (χ1) is 9.36. The van der Waals surface area contributed by atoms with E-state index in [1.165, 1.54) is 0 Å². The maximum atomic E-state index is 10.3. The molecule has 1 aromatic heterocycles. The maximum Gasteiger partial charge on any atom is 0.117 e. The molecule has 1 heterocycles. The average Bonchev–Trinajstić information content (AvgIpc) is 2.83. The highest BCUT2D eigenvalue weighted by atomic mass is 16.3. The van der Waals surface area contributed by atoms with Gasteiger partial charge in [-0.05, 0) is 55.7 Å². The summed E-state index contributed by atoms with van der Waals surface area (Å²) in [6.45, 7) is 8.71. The van der Waals surface area contributed by atoms with Crippen molar-refractivity contribution in [3.63, 3.8) is 0 Å². The summed E-state index contributed by atoms with van der Waals surface area (Å²) in [4.78, 5) is 2.26. The summed E-state index contributed by atoms with van der Waals surface area (Å²) in [6.07, 6.45) is 4.80. The van der Waals surface area contributed by atoms with E-state index < -0.39 is 0 Å². The molecule has 0 spiro atoms. The summed E-state index contributed by atoms with van der Waals surface area (Å²) in [5.74, 6) is 2.09. The van der Waals surface area contributed by atoms with Gasteiger partial charge in [0, 0.05) is 6.54 Å². The molecule has 3 heteroatoms. The summed E-state index contributed by atoms with van der Waals surface area (Å²) in [6, 6.07) is 3.93. The molecule has 0 aromatic carbocycles. The topological polar surface area (TPSA) is 36.6 Å². The highest BCUT2D eigenvalue weighted by molar-refractivity contribution is 4.98. The lowest BCUT2D eigenvalue weighted by molar-refractivity contribution is 0.00494. The van der Waals surface area contributed by atoms with Crippen LogP contribution in [0.4, 0.5) is 0 Å². The van der Waals surface area contributed by atoms with Crippen LogP contribution in [0.3, 0.4) is 0 Å². The predicted molar refractivity (Wildman–Crippen MR) is 81.3 cm³/mol. The van der Waals surface area contributed by atoms with E-state index >= 15 is 0 Å². The molecule has 0 amide bonds. The molecule has 0 radical (unpaired) electrons. The van der Waals surface area contributed by atoms with Gasteiger partial charge in [-0.3, -0.25) is 4.90 Å². The minimum Gasteiger partial charge on any atom is -0.468 e. The van der Waals surface area contributed by atoms with Crippen LogP contribution in [0.2, 0.25) is 0 Å². The van der Waals surface area contributed by atoms with Crippen LogP contribution >= 0.6 is 0 Å². The molecule has 1 N–H and O–H groups in total. The second kappa shape index (κ2) is 6.31. The number of rotatable bonds is 4. The minimum absolute atomic E-state index is 0.146. The van der Waals surface area contributed by atoms with Crippen molar-refractivity contribution < 1.29 is 9.52 Å². The molecule has 1 aliphatic carbocycles. The largest absolute Gasteiger partial charge is 0.468 e. The van der Waals surface area contributed by atoms with Crippen molar-refractivity contribution in [1.82, 2.24) is 4.90 Å². The quantitative estimate of drug-likeness (QED) is 0.916. The maximum absolute atomic E-state index is 10.3. The highest BCUT2D eigenvalue weighted by Gasteiger charge is 2.35. The van der Waals surface area contributed by atoms with E-state index in [0.717, 1.165) is 38.1 Å². The van der Waals surface area contributed by atoms with E-state index in [1.807, 2.05) is 12.1 Å². The van der Waals surface area contributed by atoms with Crippen molar-refractivity contribution in [1.29, 1.82) is 0 Å². The monoisotopic (exact) mass is 279 g/mol. The van der Waals surface area contributed by atoms with Gasteiger partial charge in [-0.2, -0.15) is 0 Å². The van der Waals surface area contributed by atoms with Crippen LogP contribution in [0.25, 0.3) is 0 Å². The molecule has 1 aliphatic rings. The van der Waals surface area contributed by atoms with E-state index in [1.54, 1.807) is 6.26 Å². The van der Waals surface area contributed by atoms with Gasteiger partial charge in [-0.25, -0.2) is 0 Å². The normalized spacial score (nSPS) is 28.0. The lowest BCUT2D eigenvalue weighted by Crippen LogP contribution is -2.40. The first-order valence-corrected chi connectivity index (χ1v) is 7.75. The van der Waals surface area contributed by atoms with Crippen LogP contribution in [-0.4, -0.2) is 29.7 Å². The molecule has 114 valence electrons. The van der Waals surface area contributed by atoms with Gasteiger partial charge in [0.25, 0.3) is 0 Å². The average molecular weight is 279 g/mol. The van der Waals surface area contributed by atoms with Crippen LogP contribution in [0.1, 0.15) is 45.8 Å². The highest BCUT2D eigenvalue weighted by Crippen LogP contribution is 2.40. The van der Waals surface area contributed by atoms with Crippen molar-refractivity contribution in [2.24, 2.45) is 17.3 Å². The Hall–Kier alpha value is -0.800. The van der Waals surface area contributed by atoms with Crippen molar-refractivity contribution in [3.05, 3.63) is 24.2 Å². The predicted octanol–water partition coefficient (Wildman–Crippen LogP) is 3.53. The lowest BCUT2D eigenvalue weighted by atomic mass is 9.68. The Morgan fingerprint density at radius 1 is 1.35 bits per heavy atom.